The number of hydrogen-bond donors (Lipinski definition) is 2. The summed E-state index contributed by atoms with van der Waals surface area (Å²) in [7, 11) is -3.81. The second kappa shape index (κ2) is 15.0. The number of piperidine rings is 1. The summed E-state index contributed by atoms with van der Waals surface area (Å²) >= 11 is 0. The number of anilines is 2. The van der Waals surface area contributed by atoms with Crippen molar-refractivity contribution in [1.29, 1.82) is 0 Å². The first-order valence-corrected chi connectivity index (χ1v) is 16.4. The Bertz CT molecular complexity index is 1350. The fraction of sp³-hybridized carbons (Fsp3) is 0.424. The number of benzene rings is 3. The predicted octanol–water partition coefficient (Wildman–Crippen LogP) is 6.21. The first-order valence-electron chi connectivity index (χ1n) is 14.9. The van der Waals surface area contributed by atoms with E-state index in [1.807, 2.05) is 19.1 Å². The van der Waals surface area contributed by atoms with Crippen molar-refractivity contribution in [2.24, 2.45) is 0 Å². The molecule has 1 aliphatic heterocycles. The van der Waals surface area contributed by atoms with E-state index in [9.17, 15) is 13.2 Å². The molecule has 0 radical (unpaired) electrons. The lowest BCUT2D eigenvalue weighted by Gasteiger charge is -2.31. The Morgan fingerprint density at radius 1 is 0.902 bits per heavy atom. The van der Waals surface area contributed by atoms with Crippen LogP contribution >= 0.6 is 0 Å². The summed E-state index contributed by atoms with van der Waals surface area (Å²) in [5, 5.41) is 3.04. The van der Waals surface area contributed by atoms with Crippen LogP contribution in [-0.4, -0.2) is 51.9 Å². The summed E-state index contributed by atoms with van der Waals surface area (Å²) in [6.45, 7) is 9.22. The van der Waals surface area contributed by atoms with Crippen LogP contribution in [0.15, 0.2) is 77.7 Å². The van der Waals surface area contributed by atoms with Gasteiger partial charge in [0.2, 0.25) is 0 Å². The Labute approximate surface area is 246 Å². The molecule has 1 saturated heterocycles. The first kappa shape index (κ1) is 30.6. The summed E-state index contributed by atoms with van der Waals surface area (Å²) in [4.78, 5) is 18.0. The van der Waals surface area contributed by atoms with Crippen LogP contribution < -0.4 is 14.9 Å². The molecule has 4 rings (SSSR count). The molecule has 3 aromatic carbocycles. The molecule has 7 nitrogen and oxygen atoms in total. The molecule has 0 unspecified atom stereocenters. The molecule has 3 aromatic rings. The molecule has 1 amide bonds. The molecule has 0 atom stereocenters. The summed E-state index contributed by atoms with van der Waals surface area (Å²) in [5.74, 6) is -0.200. The number of carbonyl (C=O) groups excluding carboxylic acids is 1. The Morgan fingerprint density at radius 2 is 1.61 bits per heavy atom. The molecule has 1 fully saturated rings. The lowest BCUT2D eigenvalue weighted by molar-refractivity contribution is 0.0951. The minimum absolute atomic E-state index is 0.200. The fourth-order valence-electron chi connectivity index (χ4n) is 5.19. The van der Waals surface area contributed by atoms with Gasteiger partial charge >= 0.3 is 0 Å². The van der Waals surface area contributed by atoms with Crippen LogP contribution in [0.1, 0.15) is 66.9 Å². The summed E-state index contributed by atoms with van der Waals surface area (Å²) < 4.78 is 29.3. The summed E-state index contributed by atoms with van der Waals surface area (Å²) in [5.41, 5.74) is 3.98. The van der Waals surface area contributed by atoms with Gasteiger partial charge in [-0.15, -0.1) is 0 Å². The summed E-state index contributed by atoms with van der Waals surface area (Å²) in [6, 6.07) is 22.6. The van der Waals surface area contributed by atoms with Crippen molar-refractivity contribution in [3.8, 4) is 0 Å². The van der Waals surface area contributed by atoms with Crippen molar-refractivity contribution in [3.63, 3.8) is 0 Å². The summed E-state index contributed by atoms with van der Waals surface area (Å²) in [6.07, 6.45) is 6.41. The molecule has 220 valence electrons. The smallest absolute Gasteiger partial charge is 0.261 e. The van der Waals surface area contributed by atoms with Crippen LogP contribution in [0.25, 0.3) is 0 Å². The van der Waals surface area contributed by atoms with E-state index >= 15 is 0 Å². The lowest BCUT2D eigenvalue weighted by atomic mass is 10.1. The number of sulfonamides is 1. The van der Waals surface area contributed by atoms with Crippen LogP contribution in [0.2, 0.25) is 0 Å². The zero-order valence-electron chi connectivity index (χ0n) is 24.4. The van der Waals surface area contributed by atoms with Crippen LogP contribution in [-0.2, 0) is 16.6 Å². The predicted molar refractivity (Wildman–Crippen MR) is 168 cm³/mol. The van der Waals surface area contributed by atoms with Crippen molar-refractivity contribution < 1.29 is 13.2 Å². The maximum atomic E-state index is 13.3. The minimum atomic E-state index is -3.81. The van der Waals surface area contributed by atoms with E-state index in [0.29, 0.717) is 17.8 Å². The number of nitrogens with zero attached hydrogens (tertiary/aromatic N) is 2. The fourth-order valence-corrected chi connectivity index (χ4v) is 6.26. The van der Waals surface area contributed by atoms with E-state index in [4.69, 9.17) is 0 Å². The van der Waals surface area contributed by atoms with Gasteiger partial charge in [-0.25, -0.2) is 8.42 Å². The lowest BCUT2D eigenvalue weighted by Crippen LogP contribution is -2.31. The number of hydrogen-bond acceptors (Lipinski definition) is 5. The zero-order valence-corrected chi connectivity index (χ0v) is 25.3. The molecule has 0 spiro atoms. The van der Waals surface area contributed by atoms with E-state index in [1.54, 1.807) is 36.4 Å². The van der Waals surface area contributed by atoms with Gasteiger partial charge in [0.1, 0.15) is 0 Å². The number of amides is 1. The van der Waals surface area contributed by atoms with Crippen LogP contribution in [0.4, 0.5) is 11.4 Å². The van der Waals surface area contributed by atoms with Crippen LogP contribution in [0.5, 0.6) is 0 Å². The molecule has 0 saturated carbocycles. The standard InChI is InChI=1S/C33H44N4O3S/c1-3-4-21-36(26-28-12-7-5-8-13-28)22-11-20-34-33(38)29-16-19-32(37-23-9-6-10-24-37)31(25-29)35-41(39,40)30-17-14-27(2)15-18-30/h5,7-8,12-19,25,35H,3-4,6,9-11,20-24,26H2,1-2H3,(H,34,38). The third kappa shape index (κ3) is 9.07. The van der Waals surface area contributed by atoms with Gasteiger partial charge in [0.05, 0.1) is 16.3 Å². The molecule has 1 aliphatic rings. The third-order valence-corrected chi connectivity index (χ3v) is 8.93. The Kier molecular flexibility index (Phi) is 11.2. The quantitative estimate of drug-likeness (QED) is 0.223. The third-order valence-electron chi connectivity index (χ3n) is 7.54. The monoisotopic (exact) mass is 576 g/mol. The van der Waals surface area contributed by atoms with E-state index in [0.717, 1.165) is 76.1 Å². The maximum Gasteiger partial charge on any atom is 0.261 e. The number of rotatable bonds is 14. The van der Waals surface area contributed by atoms with Gasteiger partial charge in [0.15, 0.2) is 0 Å². The van der Waals surface area contributed by atoms with Gasteiger partial charge in [-0.05, 0) is 81.5 Å². The molecule has 0 aromatic heterocycles. The van der Waals surface area contributed by atoms with Crippen molar-refractivity contribution in [2.75, 3.05) is 42.3 Å². The second-order valence-electron chi connectivity index (χ2n) is 10.9. The molecule has 41 heavy (non-hydrogen) atoms. The normalized spacial score (nSPS) is 13.8. The molecule has 1 heterocycles. The second-order valence-corrected chi connectivity index (χ2v) is 12.6. The minimum Gasteiger partial charge on any atom is -0.370 e. The van der Waals surface area contributed by atoms with Crippen molar-refractivity contribution in [2.45, 2.75) is 63.8 Å². The van der Waals surface area contributed by atoms with E-state index in [1.165, 1.54) is 12.0 Å². The number of carbonyl (C=O) groups is 1. The molecule has 2 N–H and O–H groups in total. The Balaban J connectivity index is 1.42. The van der Waals surface area contributed by atoms with Gasteiger partial charge in [-0.2, -0.15) is 0 Å². The van der Waals surface area contributed by atoms with Crippen LogP contribution in [0, 0.1) is 6.92 Å². The topological polar surface area (TPSA) is 81.8 Å². The van der Waals surface area contributed by atoms with E-state index in [-0.39, 0.29) is 10.8 Å². The van der Waals surface area contributed by atoms with Gasteiger partial charge < -0.3 is 10.2 Å². The highest BCUT2D eigenvalue weighted by Crippen LogP contribution is 2.31. The largest absolute Gasteiger partial charge is 0.370 e. The van der Waals surface area contributed by atoms with Gasteiger partial charge in [0.25, 0.3) is 15.9 Å². The highest BCUT2D eigenvalue weighted by atomic mass is 32.2. The zero-order chi connectivity index (χ0) is 29.1. The molecular weight excluding hydrogens is 532 g/mol. The number of unbranched alkanes of at least 4 members (excludes halogenated alkanes) is 1. The molecule has 0 bridgehead atoms. The van der Waals surface area contributed by atoms with Crippen molar-refractivity contribution in [3.05, 3.63) is 89.5 Å². The van der Waals surface area contributed by atoms with Crippen molar-refractivity contribution >= 4 is 27.3 Å². The molecule has 0 aliphatic carbocycles. The average Bonchev–Trinajstić information content (AvgIpc) is 2.98. The van der Waals surface area contributed by atoms with Crippen molar-refractivity contribution in [1.82, 2.24) is 10.2 Å². The first-order chi connectivity index (χ1) is 19.9. The van der Waals surface area contributed by atoms with Crippen LogP contribution in [0.3, 0.4) is 0 Å². The highest BCUT2D eigenvalue weighted by Gasteiger charge is 2.21. The maximum absolute atomic E-state index is 13.3. The average molecular weight is 577 g/mol. The van der Waals surface area contributed by atoms with Gasteiger partial charge in [0, 0.05) is 38.3 Å². The Hall–Kier alpha value is -3.36. The number of aryl methyl sites for hydroxylation is 1. The number of nitrogens with one attached hydrogen (secondary N) is 2. The molecular formula is C33H44N4O3S. The molecule has 8 heteroatoms. The SMILES string of the molecule is CCCCN(CCCNC(=O)c1ccc(N2CCCCC2)c(NS(=O)(=O)c2ccc(C)cc2)c1)Cc1ccccc1. The Morgan fingerprint density at radius 3 is 2.32 bits per heavy atom. The van der Waals surface area contributed by atoms with Gasteiger partial charge in [-0.1, -0.05) is 61.4 Å². The van der Waals surface area contributed by atoms with Gasteiger partial charge in [-0.3, -0.25) is 14.4 Å². The van der Waals surface area contributed by atoms with E-state index < -0.39 is 10.0 Å². The van der Waals surface area contributed by atoms with E-state index in [2.05, 4.69) is 51.0 Å². The highest BCUT2D eigenvalue weighted by molar-refractivity contribution is 7.92.